The van der Waals surface area contributed by atoms with E-state index in [9.17, 15) is 4.79 Å². The van der Waals surface area contributed by atoms with E-state index in [0.717, 1.165) is 19.3 Å². The van der Waals surface area contributed by atoms with Gasteiger partial charge in [0.25, 0.3) is 0 Å². The monoisotopic (exact) mass is 217 g/mol. The normalized spacial score (nSPS) is 16.9. The van der Waals surface area contributed by atoms with Crippen molar-refractivity contribution in [2.45, 2.75) is 39.2 Å². The Balaban J connectivity index is 1.98. The third kappa shape index (κ3) is 2.26. The van der Waals surface area contributed by atoms with Gasteiger partial charge in [-0.1, -0.05) is 31.2 Å². The number of hydrogen-bond acceptors (Lipinski definition) is 1. The highest BCUT2D eigenvalue weighted by Gasteiger charge is 2.27. The third-order valence-electron chi connectivity index (χ3n) is 3.42. The summed E-state index contributed by atoms with van der Waals surface area (Å²) in [5, 5.41) is 3.07. The van der Waals surface area contributed by atoms with Crippen molar-refractivity contribution < 1.29 is 4.79 Å². The van der Waals surface area contributed by atoms with Crippen LogP contribution in [0.2, 0.25) is 0 Å². The van der Waals surface area contributed by atoms with E-state index in [1.54, 1.807) is 0 Å². The van der Waals surface area contributed by atoms with Crippen molar-refractivity contribution in [1.29, 1.82) is 0 Å². The average Bonchev–Trinajstić information content (AvgIpc) is 2.72. The molecular formula is C14H19NO. The van der Waals surface area contributed by atoms with Crippen molar-refractivity contribution >= 4 is 5.91 Å². The molecule has 0 saturated carbocycles. The van der Waals surface area contributed by atoms with Crippen LogP contribution in [0.25, 0.3) is 0 Å². The molecule has 0 radical (unpaired) electrons. The second-order valence-corrected chi connectivity index (χ2v) is 4.69. The quantitative estimate of drug-likeness (QED) is 0.827. The number of carbonyl (C=O) groups excluding carboxylic acids is 1. The van der Waals surface area contributed by atoms with Gasteiger partial charge in [0.05, 0.1) is 0 Å². The highest BCUT2D eigenvalue weighted by atomic mass is 16.1. The van der Waals surface area contributed by atoms with Gasteiger partial charge in [-0.05, 0) is 37.3 Å². The Hall–Kier alpha value is -1.31. The van der Waals surface area contributed by atoms with Crippen molar-refractivity contribution in [2.24, 2.45) is 5.92 Å². The Morgan fingerprint density at radius 3 is 2.44 bits per heavy atom. The fourth-order valence-electron chi connectivity index (χ4n) is 2.21. The minimum Gasteiger partial charge on any atom is -0.353 e. The Labute approximate surface area is 97.1 Å². The van der Waals surface area contributed by atoms with E-state index in [2.05, 4.69) is 31.3 Å². The summed E-state index contributed by atoms with van der Waals surface area (Å²) < 4.78 is 0. The van der Waals surface area contributed by atoms with Crippen LogP contribution in [0.5, 0.6) is 0 Å². The highest BCUT2D eigenvalue weighted by Crippen LogP contribution is 2.26. The zero-order valence-corrected chi connectivity index (χ0v) is 9.99. The van der Waals surface area contributed by atoms with E-state index in [-0.39, 0.29) is 17.9 Å². The summed E-state index contributed by atoms with van der Waals surface area (Å²) in [7, 11) is 0. The molecule has 1 aliphatic carbocycles. The van der Waals surface area contributed by atoms with Crippen LogP contribution >= 0.6 is 0 Å². The number of fused-ring (bicyclic) bond motifs is 1. The second kappa shape index (κ2) is 4.69. The molecule has 0 fully saturated rings. The van der Waals surface area contributed by atoms with Crippen LogP contribution in [0.4, 0.5) is 0 Å². The molecule has 1 aliphatic rings. The van der Waals surface area contributed by atoms with Gasteiger partial charge >= 0.3 is 0 Å². The molecule has 0 aromatic heterocycles. The Kier molecular flexibility index (Phi) is 3.28. The topological polar surface area (TPSA) is 29.1 Å². The van der Waals surface area contributed by atoms with Crippen LogP contribution < -0.4 is 5.32 Å². The SMILES string of the molecule is CCC(C)NC(=O)C1Cc2ccccc2C1. The van der Waals surface area contributed by atoms with Crippen LogP contribution in [-0.4, -0.2) is 11.9 Å². The predicted molar refractivity (Wildman–Crippen MR) is 65.2 cm³/mol. The van der Waals surface area contributed by atoms with Gasteiger partial charge in [-0.15, -0.1) is 0 Å². The summed E-state index contributed by atoms with van der Waals surface area (Å²) >= 11 is 0. The lowest BCUT2D eigenvalue weighted by atomic mass is 10.1. The zero-order chi connectivity index (χ0) is 11.5. The number of nitrogens with one attached hydrogen (secondary N) is 1. The minimum absolute atomic E-state index is 0.145. The van der Waals surface area contributed by atoms with Gasteiger partial charge in [-0.25, -0.2) is 0 Å². The molecule has 0 aliphatic heterocycles. The zero-order valence-electron chi connectivity index (χ0n) is 9.99. The van der Waals surface area contributed by atoms with E-state index in [1.165, 1.54) is 11.1 Å². The molecular weight excluding hydrogens is 198 g/mol. The Bertz CT molecular complexity index is 361. The predicted octanol–water partition coefficient (Wildman–Crippen LogP) is 2.32. The first-order valence-corrected chi connectivity index (χ1v) is 6.08. The molecule has 0 saturated heterocycles. The number of hydrogen-bond donors (Lipinski definition) is 1. The third-order valence-corrected chi connectivity index (χ3v) is 3.42. The van der Waals surface area contributed by atoms with Gasteiger partial charge < -0.3 is 5.32 Å². The molecule has 0 bridgehead atoms. The minimum atomic E-state index is 0.145. The lowest BCUT2D eigenvalue weighted by molar-refractivity contribution is -0.125. The summed E-state index contributed by atoms with van der Waals surface area (Å²) in [6, 6.07) is 8.65. The van der Waals surface area contributed by atoms with Gasteiger partial charge in [0, 0.05) is 12.0 Å². The fraction of sp³-hybridized carbons (Fsp3) is 0.500. The van der Waals surface area contributed by atoms with Crippen molar-refractivity contribution in [1.82, 2.24) is 5.32 Å². The van der Waals surface area contributed by atoms with Crippen molar-refractivity contribution in [3.63, 3.8) is 0 Å². The molecule has 1 aromatic rings. The summed E-state index contributed by atoms with van der Waals surface area (Å²) in [5.74, 6) is 0.358. The maximum absolute atomic E-state index is 12.0. The van der Waals surface area contributed by atoms with Crippen molar-refractivity contribution in [3.05, 3.63) is 35.4 Å². The van der Waals surface area contributed by atoms with E-state index >= 15 is 0 Å². The Morgan fingerprint density at radius 1 is 1.38 bits per heavy atom. The molecule has 1 atom stereocenters. The number of benzene rings is 1. The summed E-state index contributed by atoms with van der Waals surface area (Å²) in [6.45, 7) is 4.15. The van der Waals surface area contributed by atoms with E-state index in [4.69, 9.17) is 0 Å². The molecule has 16 heavy (non-hydrogen) atoms. The maximum atomic E-state index is 12.0. The van der Waals surface area contributed by atoms with Crippen LogP contribution in [0.3, 0.4) is 0 Å². The first-order valence-electron chi connectivity index (χ1n) is 6.08. The van der Waals surface area contributed by atoms with Gasteiger partial charge in [0.15, 0.2) is 0 Å². The molecule has 1 aromatic carbocycles. The lowest BCUT2D eigenvalue weighted by Crippen LogP contribution is -2.37. The Morgan fingerprint density at radius 2 is 1.94 bits per heavy atom. The smallest absolute Gasteiger partial charge is 0.223 e. The van der Waals surface area contributed by atoms with Gasteiger partial charge in [-0.2, -0.15) is 0 Å². The summed E-state index contributed by atoms with van der Waals surface area (Å²) in [6.07, 6.45) is 2.79. The molecule has 1 amide bonds. The molecule has 2 heteroatoms. The van der Waals surface area contributed by atoms with Crippen LogP contribution in [0, 0.1) is 5.92 Å². The van der Waals surface area contributed by atoms with Gasteiger partial charge in [0.1, 0.15) is 0 Å². The summed E-state index contributed by atoms with van der Waals surface area (Å²) in [4.78, 5) is 12.0. The molecule has 0 spiro atoms. The lowest BCUT2D eigenvalue weighted by Gasteiger charge is -2.15. The maximum Gasteiger partial charge on any atom is 0.223 e. The number of rotatable bonds is 3. The van der Waals surface area contributed by atoms with Crippen molar-refractivity contribution in [2.75, 3.05) is 0 Å². The van der Waals surface area contributed by atoms with E-state index in [1.807, 2.05) is 12.1 Å². The molecule has 86 valence electrons. The molecule has 1 unspecified atom stereocenters. The van der Waals surface area contributed by atoms with E-state index < -0.39 is 0 Å². The molecule has 1 N–H and O–H groups in total. The average molecular weight is 217 g/mol. The van der Waals surface area contributed by atoms with E-state index in [0.29, 0.717) is 0 Å². The van der Waals surface area contributed by atoms with Crippen LogP contribution in [0.15, 0.2) is 24.3 Å². The first-order chi connectivity index (χ1) is 7.70. The van der Waals surface area contributed by atoms with Crippen molar-refractivity contribution in [3.8, 4) is 0 Å². The van der Waals surface area contributed by atoms with Crippen LogP contribution in [0.1, 0.15) is 31.4 Å². The molecule has 0 heterocycles. The van der Waals surface area contributed by atoms with Gasteiger partial charge in [-0.3, -0.25) is 4.79 Å². The van der Waals surface area contributed by atoms with Crippen LogP contribution in [-0.2, 0) is 17.6 Å². The number of carbonyl (C=O) groups is 1. The highest BCUT2D eigenvalue weighted by molar-refractivity contribution is 5.80. The standard InChI is InChI=1S/C14H19NO/c1-3-10(2)15-14(16)13-8-11-6-4-5-7-12(11)9-13/h4-7,10,13H,3,8-9H2,1-2H3,(H,15,16). The molecule has 2 rings (SSSR count). The summed E-state index contributed by atoms with van der Waals surface area (Å²) in [5.41, 5.74) is 2.68. The fourth-order valence-corrected chi connectivity index (χ4v) is 2.21. The molecule has 2 nitrogen and oxygen atoms in total. The van der Waals surface area contributed by atoms with Gasteiger partial charge in [0.2, 0.25) is 5.91 Å². The largest absolute Gasteiger partial charge is 0.353 e. The second-order valence-electron chi connectivity index (χ2n) is 4.69. The first kappa shape index (κ1) is 11.2. The number of amides is 1.